The van der Waals surface area contributed by atoms with Gasteiger partial charge in [-0.1, -0.05) is 18.6 Å². The highest BCUT2D eigenvalue weighted by Crippen LogP contribution is 2.48. The number of halogens is 1. The minimum atomic E-state index is -0.727. The Hall–Kier alpha value is -1.11. The summed E-state index contributed by atoms with van der Waals surface area (Å²) in [7, 11) is 0. The smallest absolute Gasteiger partial charge is 0.311 e. The van der Waals surface area contributed by atoms with E-state index in [1.165, 1.54) is 0 Å². The Morgan fingerprint density at radius 3 is 2.67 bits per heavy atom. The summed E-state index contributed by atoms with van der Waals surface area (Å²) in [6, 6.07) is 7.90. The Morgan fingerprint density at radius 2 is 2.05 bits per heavy atom. The summed E-state index contributed by atoms with van der Waals surface area (Å²) >= 11 is 2.23. The van der Waals surface area contributed by atoms with Gasteiger partial charge in [0.25, 0.3) is 0 Å². The number of rotatable bonds is 3. The van der Waals surface area contributed by atoms with E-state index < -0.39 is 11.4 Å². The number of hydrogen-bond donors (Lipinski definition) is 1. The largest absolute Gasteiger partial charge is 0.481 e. The standard InChI is InChI=1S/C16H18INO3/c17-13-5-3-11(4-6-13)8-14(19)18-9-12-2-1-7-16(12,10-18)15(20)21/h3-6,12H,1-2,7-10H2,(H,20,21)/t12-,16+/m0/s1. The number of amides is 1. The Labute approximate surface area is 137 Å². The fraction of sp³-hybridized carbons (Fsp3) is 0.500. The van der Waals surface area contributed by atoms with Crippen LogP contribution in [0.5, 0.6) is 0 Å². The molecule has 1 aliphatic heterocycles. The molecule has 0 bridgehead atoms. The topological polar surface area (TPSA) is 57.6 Å². The maximum absolute atomic E-state index is 12.4. The minimum Gasteiger partial charge on any atom is -0.481 e. The Kier molecular flexibility index (Phi) is 3.94. The summed E-state index contributed by atoms with van der Waals surface area (Å²) in [4.78, 5) is 25.8. The summed E-state index contributed by atoms with van der Waals surface area (Å²) in [6.07, 6.45) is 2.97. The van der Waals surface area contributed by atoms with Gasteiger partial charge in [0.1, 0.15) is 0 Å². The molecule has 5 heteroatoms. The number of carboxylic acid groups (broad SMARTS) is 1. The minimum absolute atomic E-state index is 0.0474. The van der Waals surface area contributed by atoms with Gasteiger partial charge < -0.3 is 10.0 Å². The fourth-order valence-electron chi connectivity index (χ4n) is 3.72. The average Bonchev–Trinajstić information content (AvgIpc) is 2.99. The molecule has 0 radical (unpaired) electrons. The lowest BCUT2D eigenvalue weighted by molar-refractivity contribution is -0.149. The quantitative estimate of drug-likeness (QED) is 0.795. The van der Waals surface area contributed by atoms with E-state index in [-0.39, 0.29) is 11.8 Å². The predicted molar refractivity (Wildman–Crippen MR) is 86.9 cm³/mol. The third kappa shape index (κ3) is 2.67. The molecule has 1 N–H and O–H groups in total. The lowest BCUT2D eigenvalue weighted by Crippen LogP contribution is -2.37. The highest BCUT2D eigenvalue weighted by Gasteiger charge is 2.55. The van der Waals surface area contributed by atoms with Gasteiger partial charge >= 0.3 is 5.97 Å². The third-order valence-electron chi connectivity index (χ3n) is 4.92. The van der Waals surface area contributed by atoms with Crippen LogP contribution in [0.15, 0.2) is 24.3 Å². The van der Waals surface area contributed by atoms with Crippen molar-refractivity contribution in [1.82, 2.24) is 4.90 Å². The van der Waals surface area contributed by atoms with E-state index >= 15 is 0 Å². The van der Waals surface area contributed by atoms with Crippen molar-refractivity contribution in [2.75, 3.05) is 13.1 Å². The Bertz CT molecular complexity index is 571. The maximum Gasteiger partial charge on any atom is 0.311 e. The van der Waals surface area contributed by atoms with Gasteiger partial charge in [-0.3, -0.25) is 9.59 Å². The van der Waals surface area contributed by atoms with Gasteiger partial charge in [0.15, 0.2) is 0 Å². The highest BCUT2D eigenvalue weighted by molar-refractivity contribution is 14.1. The van der Waals surface area contributed by atoms with Crippen LogP contribution in [0.25, 0.3) is 0 Å². The lowest BCUT2D eigenvalue weighted by Gasteiger charge is -2.23. The molecule has 1 heterocycles. The van der Waals surface area contributed by atoms with Gasteiger partial charge in [0.05, 0.1) is 11.8 Å². The second-order valence-electron chi connectivity index (χ2n) is 6.13. The van der Waals surface area contributed by atoms with Gasteiger partial charge in [0.2, 0.25) is 5.91 Å². The molecular formula is C16H18INO3. The number of nitrogens with zero attached hydrogens (tertiary/aromatic N) is 1. The number of benzene rings is 1. The number of carboxylic acids is 1. The molecule has 2 aliphatic rings. The van der Waals surface area contributed by atoms with Gasteiger partial charge in [-0.05, 0) is 59.0 Å². The molecule has 2 fully saturated rings. The van der Waals surface area contributed by atoms with Crippen LogP contribution in [-0.4, -0.2) is 35.0 Å². The molecule has 0 unspecified atom stereocenters. The zero-order chi connectivity index (χ0) is 15.0. The van der Waals surface area contributed by atoms with Crippen LogP contribution in [0, 0.1) is 14.9 Å². The van der Waals surface area contributed by atoms with Crippen LogP contribution in [0.2, 0.25) is 0 Å². The van der Waals surface area contributed by atoms with Crippen LogP contribution in [0.3, 0.4) is 0 Å². The first-order valence-corrected chi connectivity index (χ1v) is 8.35. The number of aliphatic carboxylic acids is 1. The van der Waals surface area contributed by atoms with Gasteiger partial charge in [-0.2, -0.15) is 0 Å². The van der Waals surface area contributed by atoms with Crippen LogP contribution in [0.1, 0.15) is 24.8 Å². The van der Waals surface area contributed by atoms with E-state index in [1.807, 2.05) is 24.3 Å². The predicted octanol–water partition coefficient (Wildman–Crippen LogP) is 2.55. The van der Waals surface area contributed by atoms with Crippen molar-refractivity contribution >= 4 is 34.5 Å². The first-order valence-electron chi connectivity index (χ1n) is 7.27. The van der Waals surface area contributed by atoms with Crippen molar-refractivity contribution in [1.29, 1.82) is 0 Å². The van der Waals surface area contributed by atoms with E-state index in [0.717, 1.165) is 22.0 Å². The maximum atomic E-state index is 12.4. The monoisotopic (exact) mass is 399 g/mol. The van der Waals surface area contributed by atoms with Crippen molar-refractivity contribution < 1.29 is 14.7 Å². The molecule has 4 nitrogen and oxygen atoms in total. The van der Waals surface area contributed by atoms with E-state index in [2.05, 4.69) is 22.6 Å². The molecule has 2 atom stereocenters. The van der Waals surface area contributed by atoms with Gasteiger partial charge in [-0.25, -0.2) is 0 Å². The Morgan fingerprint density at radius 1 is 1.33 bits per heavy atom. The molecule has 1 amide bonds. The van der Waals surface area contributed by atoms with Crippen LogP contribution < -0.4 is 0 Å². The number of hydrogen-bond acceptors (Lipinski definition) is 2. The lowest BCUT2D eigenvalue weighted by atomic mass is 9.81. The zero-order valence-electron chi connectivity index (χ0n) is 11.7. The SMILES string of the molecule is O=C(Cc1ccc(I)cc1)N1C[C@@H]2CCC[C@@]2(C(=O)O)C1. The molecule has 1 aromatic carbocycles. The summed E-state index contributed by atoms with van der Waals surface area (Å²) in [5.41, 5.74) is 0.309. The van der Waals surface area contributed by atoms with E-state index in [9.17, 15) is 14.7 Å². The zero-order valence-corrected chi connectivity index (χ0v) is 13.9. The molecule has 21 heavy (non-hydrogen) atoms. The number of carbonyl (C=O) groups excluding carboxylic acids is 1. The molecule has 1 aromatic rings. The molecule has 0 spiro atoms. The first-order chi connectivity index (χ1) is 10.0. The number of likely N-dealkylation sites (tertiary alicyclic amines) is 1. The van der Waals surface area contributed by atoms with Gasteiger partial charge in [0, 0.05) is 16.7 Å². The van der Waals surface area contributed by atoms with Crippen molar-refractivity contribution in [3.63, 3.8) is 0 Å². The van der Waals surface area contributed by atoms with E-state index in [1.54, 1.807) is 4.90 Å². The van der Waals surface area contributed by atoms with Crippen molar-refractivity contribution in [3.05, 3.63) is 33.4 Å². The molecule has 0 aromatic heterocycles. The van der Waals surface area contributed by atoms with Crippen LogP contribution in [-0.2, 0) is 16.0 Å². The third-order valence-corrected chi connectivity index (χ3v) is 5.64. The number of fused-ring (bicyclic) bond motifs is 1. The average molecular weight is 399 g/mol. The Balaban J connectivity index is 1.70. The van der Waals surface area contributed by atoms with Crippen LogP contribution >= 0.6 is 22.6 Å². The van der Waals surface area contributed by atoms with Crippen LogP contribution in [0.4, 0.5) is 0 Å². The number of carbonyl (C=O) groups is 2. The molecule has 1 aliphatic carbocycles. The normalized spacial score (nSPS) is 27.7. The van der Waals surface area contributed by atoms with Crippen molar-refractivity contribution in [2.24, 2.45) is 11.3 Å². The summed E-state index contributed by atoms with van der Waals surface area (Å²) in [5, 5.41) is 9.56. The van der Waals surface area contributed by atoms with E-state index in [0.29, 0.717) is 25.9 Å². The summed E-state index contributed by atoms with van der Waals surface area (Å²) in [6.45, 7) is 0.992. The summed E-state index contributed by atoms with van der Waals surface area (Å²) in [5.74, 6) is -0.545. The van der Waals surface area contributed by atoms with Crippen molar-refractivity contribution in [2.45, 2.75) is 25.7 Å². The van der Waals surface area contributed by atoms with Crippen molar-refractivity contribution in [3.8, 4) is 0 Å². The molecule has 1 saturated carbocycles. The summed E-state index contributed by atoms with van der Waals surface area (Å²) < 4.78 is 1.14. The van der Waals surface area contributed by atoms with E-state index in [4.69, 9.17) is 0 Å². The fourth-order valence-corrected chi connectivity index (χ4v) is 4.08. The molecule has 1 saturated heterocycles. The second kappa shape index (κ2) is 5.59. The first kappa shape index (κ1) is 14.8. The molecule has 112 valence electrons. The van der Waals surface area contributed by atoms with Gasteiger partial charge in [-0.15, -0.1) is 0 Å². The highest BCUT2D eigenvalue weighted by atomic mass is 127. The molecular weight excluding hydrogens is 381 g/mol. The second-order valence-corrected chi connectivity index (χ2v) is 7.37. The molecule has 3 rings (SSSR count).